The predicted octanol–water partition coefficient (Wildman–Crippen LogP) is 13.5. The van der Waals surface area contributed by atoms with E-state index < -0.39 is 5.60 Å². The Bertz CT molecular complexity index is 2040. The average Bonchev–Trinajstić information content (AvgIpc) is 3.35. The maximum Gasteiger partial charge on any atom is 0.147 e. The van der Waals surface area contributed by atoms with Crippen LogP contribution in [0.3, 0.4) is 0 Å². The quantitative estimate of drug-likeness (QED) is 0.106. The molecule has 348 valence electrons. The Morgan fingerprint density at radius 2 is 1.02 bits per heavy atom. The van der Waals surface area contributed by atoms with Gasteiger partial charge in [0, 0.05) is 32.9 Å². The van der Waals surface area contributed by atoms with Crippen LogP contribution in [-0.4, -0.2) is 72.4 Å². The molecule has 0 amide bonds. The fraction of sp³-hybridized carbons (Fsp3) is 0.593. The number of rotatable bonds is 18. The fourth-order valence-corrected chi connectivity index (χ4v) is 12.6. The van der Waals surface area contributed by atoms with Gasteiger partial charge in [-0.3, -0.25) is 0 Å². The van der Waals surface area contributed by atoms with Crippen molar-refractivity contribution in [2.45, 2.75) is 138 Å². The first kappa shape index (κ1) is 48.2. The monoisotopic (exact) mass is 1000 g/mol. The Morgan fingerprint density at radius 1 is 0.500 bits per heavy atom. The standard InChI is InChI=1S/C54H70Br2O8/c1-57-35-61-51(25-29-53(30-26-51,63-37-59-3)47-17-21-49(55)22-18-47)45-13-9-39(10-14-45)41-5-7-44-34-42(6-8-43(44)33-41)40-11-15-46(16-12-40)52(62-36-58-2)27-31-54(32-28-52,64-38-60-4)48-19-23-50(56)24-20-48/h7,11,13,15,17-19,21-23,33-34,39,41H,5-6,8-10,12,14,16,20,24-32,35-38H2,1-4H3. The lowest BCUT2D eigenvalue weighted by molar-refractivity contribution is -0.191. The van der Waals surface area contributed by atoms with Crippen LogP contribution >= 0.6 is 31.9 Å². The van der Waals surface area contributed by atoms with E-state index in [1.807, 2.05) is 0 Å². The van der Waals surface area contributed by atoms with Gasteiger partial charge in [0.05, 0.1) is 22.4 Å². The molecular weight excluding hydrogens is 936 g/mol. The third-order valence-electron chi connectivity index (χ3n) is 15.8. The second-order valence-electron chi connectivity index (χ2n) is 19.1. The summed E-state index contributed by atoms with van der Waals surface area (Å²) in [7, 11) is 6.85. The molecule has 10 heteroatoms. The van der Waals surface area contributed by atoms with Crippen molar-refractivity contribution in [3.05, 3.63) is 126 Å². The van der Waals surface area contributed by atoms with Crippen LogP contribution in [0.4, 0.5) is 0 Å². The topological polar surface area (TPSA) is 73.8 Å². The van der Waals surface area contributed by atoms with Crippen LogP contribution in [0.2, 0.25) is 0 Å². The van der Waals surface area contributed by atoms with E-state index in [-0.39, 0.29) is 30.4 Å². The van der Waals surface area contributed by atoms with Crippen LogP contribution < -0.4 is 0 Å². The summed E-state index contributed by atoms with van der Waals surface area (Å²) in [6.45, 7) is 1.14. The number of allylic oxidation sites excluding steroid dienone is 13. The molecule has 8 rings (SSSR count). The molecule has 0 bridgehead atoms. The van der Waals surface area contributed by atoms with Crippen molar-refractivity contribution >= 4 is 31.9 Å². The summed E-state index contributed by atoms with van der Waals surface area (Å²) in [4.78, 5) is 0. The van der Waals surface area contributed by atoms with E-state index in [9.17, 15) is 0 Å². The van der Waals surface area contributed by atoms with Crippen LogP contribution in [0.1, 0.15) is 121 Å². The van der Waals surface area contributed by atoms with Crippen LogP contribution in [0.15, 0.2) is 121 Å². The number of hydrogen-bond donors (Lipinski definition) is 0. The summed E-state index contributed by atoms with van der Waals surface area (Å²) in [5, 5.41) is 0. The van der Waals surface area contributed by atoms with E-state index in [0.29, 0.717) is 25.4 Å². The highest BCUT2D eigenvalue weighted by atomic mass is 79.9. The third-order valence-corrected chi connectivity index (χ3v) is 17.0. The molecule has 7 aliphatic rings. The highest BCUT2D eigenvalue weighted by Crippen LogP contribution is 2.53. The van der Waals surface area contributed by atoms with Crippen molar-refractivity contribution in [3.8, 4) is 0 Å². The Hall–Kier alpha value is -2.22. The van der Waals surface area contributed by atoms with E-state index in [1.54, 1.807) is 34.0 Å². The van der Waals surface area contributed by atoms with Gasteiger partial charge in [-0.1, -0.05) is 92.6 Å². The molecule has 0 spiro atoms. The zero-order valence-electron chi connectivity index (χ0n) is 38.7. The van der Waals surface area contributed by atoms with Crippen molar-refractivity contribution in [3.63, 3.8) is 0 Å². The summed E-state index contributed by atoms with van der Waals surface area (Å²) in [5.41, 5.74) is 9.95. The smallest absolute Gasteiger partial charge is 0.147 e. The molecule has 2 atom stereocenters. The Morgan fingerprint density at radius 3 is 1.53 bits per heavy atom. The first-order chi connectivity index (χ1) is 31.2. The van der Waals surface area contributed by atoms with Crippen LogP contribution in [0.25, 0.3) is 0 Å². The van der Waals surface area contributed by atoms with Crippen LogP contribution in [0, 0.1) is 11.8 Å². The molecule has 2 unspecified atom stereocenters. The summed E-state index contributed by atoms with van der Waals surface area (Å²) in [6, 6.07) is 8.57. The molecule has 1 aromatic rings. The first-order valence-electron chi connectivity index (χ1n) is 23.7. The lowest BCUT2D eigenvalue weighted by Gasteiger charge is -2.48. The van der Waals surface area contributed by atoms with Crippen molar-refractivity contribution in [2.24, 2.45) is 11.8 Å². The SMILES string of the molecule is COCOC1(C2=CC=C(Br)CC2)CCC(OCOC)(C2=CC=C(C3=CC4=CCC(C5CC=C(C6(OCOC)CCC(OCOC)(c7ccc(Br)cc7)CC6)CC5)C=C4CC3)CC2)CC1. The third kappa shape index (κ3) is 10.6. The molecule has 0 saturated heterocycles. The predicted molar refractivity (Wildman–Crippen MR) is 260 cm³/mol. The molecule has 0 N–H and O–H groups in total. The highest BCUT2D eigenvalue weighted by Gasteiger charge is 2.50. The molecular formula is C54H70Br2O8. The van der Waals surface area contributed by atoms with Gasteiger partial charge in [0.1, 0.15) is 27.2 Å². The van der Waals surface area contributed by atoms with Gasteiger partial charge in [0.2, 0.25) is 0 Å². The minimum absolute atomic E-state index is 0.267. The van der Waals surface area contributed by atoms with Gasteiger partial charge in [-0.2, -0.15) is 0 Å². The zero-order valence-corrected chi connectivity index (χ0v) is 41.8. The van der Waals surface area contributed by atoms with Gasteiger partial charge in [0.15, 0.2) is 0 Å². The largest absolute Gasteiger partial charge is 0.359 e. The van der Waals surface area contributed by atoms with E-state index in [4.69, 9.17) is 37.9 Å². The van der Waals surface area contributed by atoms with Gasteiger partial charge in [-0.15, -0.1) is 0 Å². The fourth-order valence-electron chi connectivity index (χ4n) is 12.0. The molecule has 0 aromatic heterocycles. The molecule has 7 aliphatic carbocycles. The van der Waals surface area contributed by atoms with E-state index in [2.05, 4.69) is 105 Å². The van der Waals surface area contributed by atoms with Gasteiger partial charge < -0.3 is 37.9 Å². The Labute approximate surface area is 399 Å². The maximum absolute atomic E-state index is 6.68. The number of methoxy groups -OCH3 is 4. The van der Waals surface area contributed by atoms with E-state index in [1.165, 1.54) is 49.9 Å². The summed E-state index contributed by atoms with van der Waals surface area (Å²) < 4.78 is 50.6. The molecule has 0 radical (unpaired) electrons. The van der Waals surface area contributed by atoms with E-state index >= 15 is 0 Å². The molecule has 2 saturated carbocycles. The summed E-state index contributed by atoms with van der Waals surface area (Å²) in [6.07, 6.45) is 37.2. The van der Waals surface area contributed by atoms with Crippen molar-refractivity contribution < 1.29 is 37.9 Å². The minimum Gasteiger partial charge on any atom is -0.359 e. The zero-order chi connectivity index (χ0) is 44.6. The molecule has 1 aromatic carbocycles. The van der Waals surface area contributed by atoms with Crippen LogP contribution in [0.5, 0.6) is 0 Å². The molecule has 64 heavy (non-hydrogen) atoms. The average molecular weight is 1010 g/mol. The van der Waals surface area contributed by atoms with Gasteiger partial charge in [-0.05, 0) is 189 Å². The second-order valence-corrected chi connectivity index (χ2v) is 21.0. The summed E-state index contributed by atoms with van der Waals surface area (Å²) >= 11 is 7.30. The first-order valence-corrected chi connectivity index (χ1v) is 25.3. The van der Waals surface area contributed by atoms with Gasteiger partial charge in [-0.25, -0.2) is 0 Å². The molecule has 2 fully saturated rings. The van der Waals surface area contributed by atoms with Crippen molar-refractivity contribution in [1.29, 1.82) is 0 Å². The highest BCUT2D eigenvalue weighted by molar-refractivity contribution is 9.11. The lowest BCUT2D eigenvalue weighted by atomic mass is 9.66. The number of hydrogen-bond acceptors (Lipinski definition) is 8. The Balaban J connectivity index is 0.911. The number of benzene rings is 1. The van der Waals surface area contributed by atoms with Gasteiger partial charge >= 0.3 is 0 Å². The minimum atomic E-state index is -0.400. The summed E-state index contributed by atoms with van der Waals surface area (Å²) in [5.74, 6) is 1.22. The molecule has 8 nitrogen and oxygen atoms in total. The normalized spacial score (nSPS) is 32.2. The van der Waals surface area contributed by atoms with Crippen LogP contribution in [-0.2, 0) is 43.5 Å². The second kappa shape index (κ2) is 21.8. The lowest BCUT2D eigenvalue weighted by Crippen LogP contribution is -2.49. The maximum atomic E-state index is 6.68. The van der Waals surface area contributed by atoms with Crippen molar-refractivity contribution in [2.75, 3.05) is 55.6 Å². The van der Waals surface area contributed by atoms with Gasteiger partial charge in [0.25, 0.3) is 0 Å². The molecule has 0 heterocycles. The number of ether oxygens (including phenoxy) is 8. The van der Waals surface area contributed by atoms with E-state index in [0.717, 1.165) is 114 Å². The Kier molecular flexibility index (Phi) is 16.4. The van der Waals surface area contributed by atoms with Crippen molar-refractivity contribution in [1.82, 2.24) is 0 Å². The number of halogens is 2. The molecule has 0 aliphatic heterocycles. The number of fused-ring (bicyclic) bond motifs is 1.